The van der Waals surface area contributed by atoms with Crippen molar-refractivity contribution < 1.29 is 19.1 Å². The lowest BCUT2D eigenvalue weighted by Crippen LogP contribution is -2.37. The van der Waals surface area contributed by atoms with E-state index < -0.39 is 5.60 Å². The summed E-state index contributed by atoms with van der Waals surface area (Å²) in [4.78, 5) is 30.0. The third-order valence-electron chi connectivity index (χ3n) is 9.22. The van der Waals surface area contributed by atoms with E-state index in [4.69, 9.17) is 9.47 Å². The SMILES string of the molecule is O=C1c2cccc3c2-c2c1c1c(c4cccc(c24)C3=O)OC(c2ccccc2)(c2ccc(N3CCOCC3)cc2)C=C1. The van der Waals surface area contributed by atoms with Crippen LogP contribution >= 0.6 is 0 Å². The number of ketones is 2. The van der Waals surface area contributed by atoms with Gasteiger partial charge in [0, 0.05) is 79.6 Å². The third-order valence-corrected chi connectivity index (χ3v) is 9.22. The van der Waals surface area contributed by atoms with Crippen LogP contribution in [0.4, 0.5) is 5.69 Å². The van der Waals surface area contributed by atoms with Crippen LogP contribution in [0.15, 0.2) is 97.1 Å². The van der Waals surface area contributed by atoms with E-state index in [0.717, 1.165) is 70.6 Å². The lowest BCUT2D eigenvalue weighted by Gasteiger charge is -2.38. The van der Waals surface area contributed by atoms with Crippen molar-refractivity contribution in [2.45, 2.75) is 5.60 Å². The van der Waals surface area contributed by atoms with E-state index >= 15 is 0 Å². The molecule has 0 saturated carbocycles. The summed E-state index contributed by atoms with van der Waals surface area (Å²) < 4.78 is 12.7. The number of ether oxygens (including phenoxy) is 2. The Kier molecular flexibility index (Phi) is 4.80. The van der Waals surface area contributed by atoms with E-state index in [1.807, 2.05) is 48.5 Å². The molecule has 5 nitrogen and oxygen atoms in total. The fourth-order valence-corrected chi connectivity index (χ4v) is 7.25. The molecule has 2 aliphatic carbocycles. The zero-order valence-corrected chi connectivity index (χ0v) is 22.7. The van der Waals surface area contributed by atoms with Gasteiger partial charge in [-0.05, 0) is 24.3 Å². The molecule has 0 radical (unpaired) electrons. The van der Waals surface area contributed by atoms with E-state index in [9.17, 15) is 9.59 Å². The second-order valence-electron chi connectivity index (χ2n) is 11.3. The molecule has 5 aromatic rings. The molecule has 5 heteroatoms. The van der Waals surface area contributed by atoms with Crippen molar-refractivity contribution in [2.75, 3.05) is 31.2 Å². The molecule has 1 atom stereocenters. The number of carbonyl (C=O) groups is 2. The first-order valence-corrected chi connectivity index (χ1v) is 14.4. The van der Waals surface area contributed by atoms with Crippen molar-refractivity contribution in [3.63, 3.8) is 0 Å². The summed E-state index contributed by atoms with van der Waals surface area (Å²) in [6, 6.07) is 30.0. The number of hydrogen-bond acceptors (Lipinski definition) is 5. The maximum Gasteiger partial charge on any atom is 0.195 e. The number of anilines is 1. The highest BCUT2D eigenvalue weighted by Gasteiger charge is 2.44. The minimum absolute atomic E-state index is 0.0510. The van der Waals surface area contributed by atoms with Gasteiger partial charge in [-0.1, -0.05) is 78.9 Å². The number of fused-ring (bicyclic) bond motifs is 3. The van der Waals surface area contributed by atoms with Gasteiger partial charge in [0.05, 0.1) is 13.2 Å². The quantitative estimate of drug-likeness (QED) is 0.244. The predicted molar refractivity (Wildman–Crippen MR) is 163 cm³/mol. The van der Waals surface area contributed by atoms with Gasteiger partial charge in [0.1, 0.15) is 5.75 Å². The lowest BCUT2D eigenvalue weighted by molar-refractivity contribution is 0.103. The van der Waals surface area contributed by atoms with Crippen molar-refractivity contribution in [3.05, 3.63) is 136 Å². The molecular formula is C37H25NO4. The molecular weight excluding hydrogens is 522 g/mol. The average molecular weight is 548 g/mol. The summed E-state index contributed by atoms with van der Waals surface area (Å²) in [5.41, 5.74) is 7.02. The van der Waals surface area contributed by atoms with Crippen LogP contribution in [-0.4, -0.2) is 37.9 Å². The first kappa shape index (κ1) is 23.7. The molecule has 2 aliphatic heterocycles. The van der Waals surface area contributed by atoms with Gasteiger partial charge >= 0.3 is 0 Å². The van der Waals surface area contributed by atoms with Gasteiger partial charge in [-0.25, -0.2) is 0 Å². The Labute approximate surface area is 242 Å². The highest BCUT2D eigenvalue weighted by Crippen LogP contribution is 2.55. The summed E-state index contributed by atoms with van der Waals surface area (Å²) in [7, 11) is 0. The van der Waals surface area contributed by atoms with Crippen LogP contribution < -0.4 is 9.64 Å². The lowest BCUT2D eigenvalue weighted by atomic mass is 9.79. The fourth-order valence-electron chi connectivity index (χ4n) is 7.25. The van der Waals surface area contributed by atoms with E-state index in [-0.39, 0.29) is 11.6 Å². The normalized spacial score (nSPS) is 19.7. The second-order valence-corrected chi connectivity index (χ2v) is 11.3. The zero-order chi connectivity index (χ0) is 28.0. The summed E-state index contributed by atoms with van der Waals surface area (Å²) in [6.07, 6.45) is 4.14. The van der Waals surface area contributed by atoms with Crippen molar-refractivity contribution >= 4 is 34.1 Å². The smallest absolute Gasteiger partial charge is 0.195 e. The fraction of sp³-hybridized carbons (Fsp3) is 0.135. The molecule has 1 unspecified atom stereocenters. The molecule has 42 heavy (non-hydrogen) atoms. The standard InChI is InChI=1S/C37H25NO4/c39-34-25-8-4-10-27-30(25)33-31-26(34)9-5-11-28(31)36-29(32(33)35(27)40)16-17-37(42-36,22-6-2-1-3-7-22)23-12-14-24(15-13-23)38-18-20-41-21-19-38/h1-17H,18-21H2. The molecule has 202 valence electrons. The highest BCUT2D eigenvalue weighted by atomic mass is 16.5. The Morgan fingerprint density at radius 2 is 1.33 bits per heavy atom. The number of carbonyl (C=O) groups excluding carboxylic acids is 2. The molecule has 0 spiro atoms. The molecule has 4 aliphatic rings. The number of hydrogen-bond donors (Lipinski definition) is 0. The van der Waals surface area contributed by atoms with E-state index in [0.29, 0.717) is 28.0 Å². The highest BCUT2D eigenvalue weighted by molar-refractivity contribution is 6.37. The number of morpholine rings is 1. The summed E-state index contributed by atoms with van der Waals surface area (Å²) in [5.74, 6) is 0.524. The van der Waals surface area contributed by atoms with Crippen molar-refractivity contribution in [3.8, 4) is 16.9 Å². The summed E-state index contributed by atoms with van der Waals surface area (Å²) in [6.45, 7) is 3.18. The van der Waals surface area contributed by atoms with E-state index in [2.05, 4.69) is 53.5 Å². The maximum atomic E-state index is 14.0. The van der Waals surface area contributed by atoms with Gasteiger partial charge in [-0.15, -0.1) is 0 Å². The molecule has 9 rings (SSSR count). The third kappa shape index (κ3) is 3.01. The molecule has 0 bridgehead atoms. The predicted octanol–water partition coefficient (Wildman–Crippen LogP) is 6.78. The van der Waals surface area contributed by atoms with Gasteiger partial charge < -0.3 is 14.4 Å². The summed E-state index contributed by atoms with van der Waals surface area (Å²) in [5, 5.41) is 1.65. The van der Waals surface area contributed by atoms with Crippen molar-refractivity contribution in [1.82, 2.24) is 0 Å². The van der Waals surface area contributed by atoms with Gasteiger partial charge in [0.25, 0.3) is 0 Å². The minimum Gasteiger partial charge on any atom is -0.472 e. The molecule has 0 aromatic heterocycles. The van der Waals surface area contributed by atoms with Crippen LogP contribution in [0.3, 0.4) is 0 Å². The Balaban J connectivity index is 1.29. The van der Waals surface area contributed by atoms with Crippen LogP contribution in [0.2, 0.25) is 0 Å². The Hall–Kier alpha value is -5.00. The number of benzene rings is 5. The van der Waals surface area contributed by atoms with Crippen LogP contribution in [-0.2, 0) is 10.3 Å². The average Bonchev–Trinajstić information content (AvgIpc) is 3.37. The monoisotopic (exact) mass is 547 g/mol. The van der Waals surface area contributed by atoms with Crippen LogP contribution in [0.5, 0.6) is 5.75 Å². The van der Waals surface area contributed by atoms with Gasteiger partial charge in [0.2, 0.25) is 0 Å². The molecule has 0 amide bonds. The van der Waals surface area contributed by atoms with Crippen molar-refractivity contribution in [2.24, 2.45) is 0 Å². The molecule has 2 heterocycles. The molecule has 0 N–H and O–H groups in total. The van der Waals surface area contributed by atoms with Crippen molar-refractivity contribution in [1.29, 1.82) is 0 Å². The van der Waals surface area contributed by atoms with Crippen LogP contribution in [0.25, 0.3) is 28.0 Å². The van der Waals surface area contributed by atoms with E-state index in [1.165, 1.54) is 0 Å². The van der Waals surface area contributed by atoms with Crippen LogP contribution in [0.1, 0.15) is 48.5 Å². The van der Waals surface area contributed by atoms with Gasteiger partial charge in [-0.3, -0.25) is 9.59 Å². The molecule has 5 aromatic carbocycles. The molecule has 1 saturated heterocycles. The Morgan fingerprint density at radius 3 is 2.12 bits per heavy atom. The first-order chi connectivity index (χ1) is 20.7. The topological polar surface area (TPSA) is 55.8 Å². The maximum absolute atomic E-state index is 14.0. The minimum atomic E-state index is -0.928. The first-order valence-electron chi connectivity index (χ1n) is 14.4. The Morgan fingerprint density at radius 1 is 0.643 bits per heavy atom. The van der Waals surface area contributed by atoms with Gasteiger partial charge in [-0.2, -0.15) is 0 Å². The van der Waals surface area contributed by atoms with Gasteiger partial charge in [0.15, 0.2) is 17.2 Å². The molecule has 1 fully saturated rings. The Bertz CT molecular complexity index is 2020. The second kappa shape index (κ2) is 8.51. The summed E-state index contributed by atoms with van der Waals surface area (Å²) >= 11 is 0. The number of rotatable bonds is 3. The van der Waals surface area contributed by atoms with E-state index in [1.54, 1.807) is 6.07 Å². The number of nitrogens with zero attached hydrogens (tertiary/aromatic N) is 1. The van der Waals surface area contributed by atoms with Crippen LogP contribution in [0, 0.1) is 0 Å². The largest absolute Gasteiger partial charge is 0.472 e. The zero-order valence-electron chi connectivity index (χ0n) is 22.7.